The van der Waals surface area contributed by atoms with E-state index in [1.165, 1.54) is 16.4 Å². The van der Waals surface area contributed by atoms with Gasteiger partial charge in [-0.15, -0.1) is 0 Å². The van der Waals surface area contributed by atoms with Crippen LogP contribution in [0.2, 0.25) is 0 Å². The van der Waals surface area contributed by atoms with Crippen LogP contribution in [-0.4, -0.2) is 55.2 Å². The van der Waals surface area contributed by atoms with E-state index in [1.54, 1.807) is 36.9 Å². The number of likely N-dealkylation sites (tertiary alicyclic amines) is 1. The summed E-state index contributed by atoms with van der Waals surface area (Å²) in [6, 6.07) is 8.98. The molecule has 192 valence electrons. The molecule has 1 N–H and O–H groups in total. The van der Waals surface area contributed by atoms with Crippen LogP contribution >= 0.6 is 0 Å². The fourth-order valence-electron chi connectivity index (χ4n) is 4.29. The van der Waals surface area contributed by atoms with Crippen LogP contribution in [0.25, 0.3) is 0 Å². The number of carbonyl (C=O) groups is 1. The number of anilines is 1. The average Bonchev–Trinajstić information content (AvgIpc) is 2.80. The summed E-state index contributed by atoms with van der Waals surface area (Å²) < 4.78 is 80.9. The van der Waals surface area contributed by atoms with Crippen molar-refractivity contribution < 1.29 is 30.8 Å². The molecule has 0 atom stereocenters. The molecule has 1 amide bonds. The molecule has 0 aliphatic carbocycles. The third-order valence-electron chi connectivity index (χ3n) is 5.95. The lowest BCUT2D eigenvalue weighted by atomic mass is 10.0. The lowest BCUT2D eigenvalue weighted by Gasteiger charge is -2.39. The third kappa shape index (κ3) is 6.52. The zero-order chi connectivity index (χ0) is 25.8. The van der Waals surface area contributed by atoms with E-state index in [0.29, 0.717) is 37.7 Å². The Balaban J connectivity index is 1.63. The van der Waals surface area contributed by atoms with Gasteiger partial charge in [0.25, 0.3) is 0 Å². The molecule has 2 aromatic rings. The van der Waals surface area contributed by atoms with Crippen LogP contribution in [0.3, 0.4) is 0 Å². The molecule has 0 unspecified atom stereocenters. The number of nitrogens with zero attached hydrogens (tertiary/aromatic N) is 2. The fraction of sp³-hybridized carbons (Fsp3) is 0.458. The summed E-state index contributed by atoms with van der Waals surface area (Å²) >= 11 is 0. The minimum atomic E-state index is -4.65. The van der Waals surface area contributed by atoms with Crippen LogP contribution in [0.15, 0.2) is 53.4 Å². The number of alkyl halides is 3. The second-order valence-corrected chi connectivity index (χ2v) is 10.6. The Morgan fingerprint density at radius 3 is 2.37 bits per heavy atom. The van der Waals surface area contributed by atoms with Crippen molar-refractivity contribution >= 4 is 21.6 Å². The minimum absolute atomic E-state index is 0.135. The molecule has 1 aliphatic rings. The van der Waals surface area contributed by atoms with Crippen molar-refractivity contribution in [1.29, 1.82) is 0 Å². The summed E-state index contributed by atoms with van der Waals surface area (Å²) in [5.41, 5.74) is -0.710. The van der Waals surface area contributed by atoms with Gasteiger partial charge >= 0.3 is 6.18 Å². The highest BCUT2D eigenvalue weighted by Crippen LogP contribution is 2.33. The average molecular weight is 516 g/mol. The van der Waals surface area contributed by atoms with E-state index in [1.807, 2.05) is 0 Å². The summed E-state index contributed by atoms with van der Waals surface area (Å²) in [5.74, 6) is -0.541. The van der Waals surface area contributed by atoms with Crippen molar-refractivity contribution in [3.63, 3.8) is 0 Å². The van der Waals surface area contributed by atoms with Gasteiger partial charge in [0.2, 0.25) is 15.9 Å². The zero-order valence-electron chi connectivity index (χ0n) is 19.6. The Labute approximate surface area is 203 Å². The number of hydrogen-bond donors (Lipinski definition) is 1. The van der Waals surface area contributed by atoms with Crippen LogP contribution in [0, 0.1) is 5.82 Å². The van der Waals surface area contributed by atoms with Gasteiger partial charge in [-0.2, -0.15) is 17.5 Å². The summed E-state index contributed by atoms with van der Waals surface area (Å²) in [6.45, 7) is 4.25. The molecule has 0 aromatic heterocycles. The van der Waals surface area contributed by atoms with Gasteiger partial charge in [0, 0.05) is 38.1 Å². The number of carbonyl (C=O) groups excluding carboxylic acids is 1. The van der Waals surface area contributed by atoms with Crippen molar-refractivity contribution in [2.45, 2.75) is 56.3 Å². The second-order valence-electron chi connectivity index (χ2n) is 8.72. The van der Waals surface area contributed by atoms with Gasteiger partial charge in [-0.05, 0) is 57.0 Å². The molecule has 1 fully saturated rings. The summed E-state index contributed by atoms with van der Waals surface area (Å²) in [5, 5.41) is 2.89. The topological polar surface area (TPSA) is 69.7 Å². The number of para-hydroxylation sites is 1. The van der Waals surface area contributed by atoms with Crippen molar-refractivity contribution in [2.75, 3.05) is 25.0 Å². The molecule has 35 heavy (non-hydrogen) atoms. The van der Waals surface area contributed by atoms with Crippen LogP contribution in [0.5, 0.6) is 0 Å². The minimum Gasteiger partial charge on any atom is -0.382 e. The maximum absolute atomic E-state index is 13.7. The smallest absolute Gasteiger partial charge is 0.382 e. The highest BCUT2D eigenvalue weighted by atomic mass is 32.2. The van der Waals surface area contributed by atoms with Gasteiger partial charge < -0.3 is 10.2 Å². The van der Waals surface area contributed by atoms with Gasteiger partial charge in [0.1, 0.15) is 5.82 Å². The first kappa shape index (κ1) is 26.9. The SMILES string of the molecule is CC(C)N(C1CCN(C(=O)CCNc2ccccc2F)CC1)S(=O)(=O)c1cccc(C(F)(F)F)c1. The van der Waals surface area contributed by atoms with E-state index >= 15 is 0 Å². The summed E-state index contributed by atoms with van der Waals surface area (Å²) in [7, 11) is -4.18. The molecule has 0 spiro atoms. The van der Waals surface area contributed by atoms with Crippen LogP contribution in [-0.2, 0) is 21.0 Å². The van der Waals surface area contributed by atoms with Gasteiger partial charge in [0.05, 0.1) is 16.1 Å². The standard InChI is InChI=1S/C24H29F4N3O3S/c1-17(2)31(35(33,34)20-7-5-6-18(16-20)24(26,27)28)19-11-14-30(15-12-19)23(32)10-13-29-22-9-4-3-8-21(22)25/h3-9,16-17,19,29H,10-15H2,1-2H3. The molecule has 0 saturated carbocycles. The van der Waals surface area contributed by atoms with E-state index in [9.17, 15) is 30.8 Å². The Morgan fingerprint density at radius 1 is 1.11 bits per heavy atom. The first-order valence-corrected chi connectivity index (χ1v) is 12.8. The zero-order valence-corrected chi connectivity index (χ0v) is 20.4. The normalized spacial score (nSPS) is 15.6. The molecular formula is C24H29F4N3O3S. The number of benzene rings is 2. The van der Waals surface area contributed by atoms with Crippen LogP contribution in [0.1, 0.15) is 38.7 Å². The van der Waals surface area contributed by atoms with E-state index in [-0.39, 0.29) is 18.9 Å². The maximum Gasteiger partial charge on any atom is 0.416 e. The lowest BCUT2D eigenvalue weighted by molar-refractivity contribution is -0.137. The monoisotopic (exact) mass is 515 g/mol. The van der Waals surface area contributed by atoms with Crippen molar-refractivity contribution in [1.82, 2.24) is 9.21 Å². The number of hydrogen-bond acceptors (Lipinski definition) is 4. The summed E-state index contributed by atoms with van der Waals surface area (Å²) in [6.07, 6.45) is -3.78. The molecule has 11 heteroatoms. The molecule has 0 radical (unpaired) electrons. The Hall–Kier alpha value is -2.66. The fourth-order valence-corrected chi connectivity index (χ4v) is 6.21. The highest BCUT2D eigenvalue weighted by molar-refractivity contribution is 7.89. The quantitative estimate of drug-likeness (QED) is 0.516. The van der Waals surface area contributed by atoms with Crippen molar-refractivity contribution in [2.24, 2.45) is 0 Å². The van der Waals surface area contributed by atoms with Crippen LogP contribution in [0.4, 0.5) is 23.2 Å². The third-order valence-corrected chi connectivity index (χ3v) is 8.08. The van der Waals surface area contributed by atoms with E-state index in [0.717, 1.165) is 12.1 Å². The van der Waals surface area contributed by atoms with E-state index in [2.05, 4.69) is 5.32 Å². The first-order valence-electron chi connectivity index (χ1n) is 11.4. The molecular weight excluding hydrogens is 486 g/mol. The second kappa shape index (κ2) is 10.9. The van der Waals surface area contributed by atoms with Crippen molar-refractivity contribution in [3.05, 3.63) is 59.9 Å². The highest BCUT2D eigenvalue weighted by Gasteiger charge is 2.38. The van der Waals surface area contributed by atoms with Gasteiger partial charge in [0.15, 0.2) is 0 Å². The Kier molecular flexibility index (Phi) is 8.42. The van der Waals surface area contributed by atoms with Crippen LogP contribution < -0.4 is 5.32 Å². The molecule has 3 rings (SSSR count). The van der Waals surface area contributed by atoms with Gasteiger partial charge in [-0.1, -0.05) is 18.2 Å². The lowest BCUT2D eigenvalue weighted by Crippen LogP contribution is -2.51. The molecule has 1 saturated heterocycles. The molecule has 1 heterocycles. The molecule has 6 nitrogen and oxygen atoms in total. The van der Waals surface area contributed by atoms with Gasteiger partial charge in [-0.3, -0.25) is 4.79 Å². The molecule has 0 bridgehead atoms. The number of halogens is 4. The number of sulfonamides is 1. The first-order chi connectivity index (χ1) is 16.4. The Morgan fingerprint density at radius 2 is 1.77 bits per heavy atom. The number of rotatable bonds is 8. The number of amides is 1. The summed E-state index contributed by atoms with van der Waals surface area (Å²) in [4.78, 5) is 13.8. The number of nitrogens with one attached hydrogen (secondary N) is 1. The number of piperidine rings is 1. The molecule has 1 aliphatic heterocycles. The van der Waals surface area contributed by atoms with E-state index in [4.69, 9.17) is 0 Å². The van der Waals surface area contributed by atoms with E-state index < -0.39 is 44.6 Å². The largest absolute Gasteiger partial charge is 0.416 e. The Bertz CT molecular complexity index is 1130. The predicted octanol–water partition coefficient (Wildman–Crippen LogP) is 4.74. The van der Waals surface area contributed by atoms with Crippen molar-refractivity contribution in [3.8, 4) is 0 Å². The maximum atomic E-state index is 13.7. The van der Waals surface area contributed by atoms with Gasteiger partial charge in [-0.25, -0.2) is 12.8 Å². The predicted molar refractivity (Wildman–Crippen MR) is 125 cm³/mol. The molecule has 2 aromatic carbocycles.